The fraction of sp³-hybridized carbons (Fsp3) is 1.00. The zero-order valence-corrected chi connectivity index (χ0v) is 8.86. The van der Waals surface area contributed by atoms with Crippen LogP contribution in [0.4, 0.5) is 0 Å². The Morgan fingerprint density at radius 2 is 1.57 bits per heavy atom. The molecule has 2 heteroatoms. The topological polar surface area (TPSA) is 23.5 Å². The third-order valence-corrected chi connectivity index (χ3v) is 4.36. The normalized spacial score (nSPS) is 43.9. The molecule has 0 amide bonds. The first-order chi connectivity index (χ1) is 6.88. The molecule has 0 spiro atoms. The van der Waals surface area contributed by atoms with Crippen LogP contribution in [0, 0.1) is 5.92 Å². The second-order valence-corrected chi connectivity index (χ2v) is 5.44. The molecule has 0 unspecified atom stereocenters. The Morgan fingerprint density at radius 3 is 2.07 bits per heavy atom. The van der Waals surface area contributed by atoms with Gasteiger partial charge in [-0.25, -0.2) is 0 Å². The van der Waals surface area contributed by atoms with Gasteiger partial charge in [0.2, 0.25) is 0 Å². The second kappa shape index (κ2) is 3.49. The van der Waals surface area contributed by atoms with Crippen molar-refractivity contribution in [2.24, 2.45) is 5.92 Å². The molecule has 2 nitrogen and oxygen atoms in total. The van der Waals surface area contributed by atoms with Crippen LogP contribution in [0.15, 0.2) is 0 Å². The van der Waals surface area contributed by atoms with Gasteiger partial charge in [0.1, 0.15) is 0 Å². The van der Waals surface area contributed by atoms with E-state index in [4.69, 9.17) is 0 Å². The summed E-state index contributed by atoms with van der Waals surface area (Å²) in [4.78, 5) is 2.82. The maximum Gasteiger partial charge on any atom is 0.0460 e. The predicted molar refractivity (Wildman–Crippen MR) is 56.1 cm³/mol. The van der Waals surface area contributed by atoms with Gasteiger partial charge in [-0.3, -0.25) is 4.90 Å². The highest BCUT2D eigenvalue weighted by molar-refractivity contribution is 4.99. The third kappa shape index (κ3) is 1.49. The van der Waals surface area contributed by atoms with Crippen LogP contribution >= 0.6 is 0 Å². The number of piperidine rings is 2. The highest BCUT2D eigenvalue weighted by Crippen LogP contribution is 2.43. The van der Waals surface area contributed by atoms with E-state index in [0.29, 0.717) is 12.5 Å². The van der Waals surface area contributed by atoms with Crippen molar-refractivity contribution in [2.45, 2.75) is 63.1 Å². The molecule has 2 heterocycles. The molecule has 0 aromatic rings. The van der Waals surface area contributed by atoms with Gasteiger partial charge in [0.15, 0.2) is 0 Å². The first kappa shape index (κ1) is 9.17. The minimum atomic E-state index is 0.422. The fourth-order valence-electron chi connectivity index (χ4n) is 3.65. The average Bonchev–Trinajstić information content (AvgIpc) is 2.99. The highest BCUT2D eigenvalue weighted by atomic mass is 16.3. The first-order valence-electron chi connectivity index (χ1n) is 6.27. The van der Waals surface area contributed by atoms with Crippen LogP contribution in [-0.2, 0) is 0 Å². The van der Waals surface area contributed by atoms with Gasteiger partial charge in [0.25, 0.3) is 0 Å². The molecule has 1 N–H and O–H groups in total. The quantitative estimate of drug-likeness (QED) is 0.726. The average molecular weight is 195 g/mol. The number of rotatable bonds is 2. The Morgan fingerprint density at radius 1 is 0.929 bits per heavy atom. The van der Waals surface area contributed by atoms with Crippen LogP contribution < -0.4 is 0 Å². The van der Waals surface area contributed by atoms with E-state index in [1.165, 1.54) is 44.9 Å². The van der Waals surface area contributed by atoms with Crippen molar-refractivity contribution >= 4 is 0 Å². The summed E-state index contributed by atoms with van der Waals surface area (Å²) < 4.78 is 0. The first-order valence-corrected chi connectivity index (χ1v) is 6.27. The van der Waals surface area contributed by atoms with E-state index >= 15 is 0 Å². The zero-order valence-electron chi connectivity index (χ0n) is 8.86. The number of hydrogen-bond donors (Lipinski definition) is 1. The molecule has 0 aromatic carbocycles. The van der Waals surface area contributed by atoms with E-state index in [2.05, 4.69) is 4.90 Å². The summed E-state index contributed by atoms with van der Waals surface area (Å²) in [6.07, 6.45) is 9.63. The summed E-state index contributed by atoms with van der Waals surface area (Å²) >= 11 is 0. The standard InChI is InChI=1S/C12H21NO/c14-8-9-6-11-2-1-3-12(7-9)13(11)10-4-5-10/h9-12,14H,1-8H2/t11-,12-/m1/s1. The van der Waals surface area contributed by atoms with Gasteiger partial charge in [-0.1, -0.05) is 6.42 Å². The number of nitrogens with zero attached hydrogens (tertiary/aromatic N) is 1. The number of aliphatic hydroxyl groups excluding tert-OH is 1. The van der Waals surface area contributed by atoms with Crippen molar-refractivity contribution in [1.82, 2.24) is 4.90 Å². The fourth-order valence-corrected chi connectivity index (χ4v) is 3.65. The molecule has 2 atom stereocenters. The van der Waals surface area contributed by atoms with E-state index in [9.17, 15) is 5.11 Å². The van der Waals surface area contributed by atoms with Gasteiger partial charge < -0.3 is 5.11 Å². The second-order valence-electron chi connectivity index (χ2n) is 5.44. The van der Waals surface area contributed by atoms with E-state index in [1.807, 2.05) is 0 Å². The molecule has 0 radical (unpaired) electrons. The van der Waals surface area contributed by atoms with Crippen molar-refractivity contribution < 1.29 is 5.11 Å². The van der Waals surface area contributed by atoms with E-state index < -0.39 is 0 Å². The van der Waals surface area contributed by atoms with E-state index in [0.717, 1.165) is 18.1 Å². The molecule has 14 heavy (non-hydrogen) atoms. The zero-order chi connectivity index (χ0) is 9.54. The van der Waals surface area contributed by atoms with Crippen LogP contribution in [0.2, 0.25) is 0 Å². The predicted octanol–water partition coefficient (Wildman–Crippen LogP) is 1.77. The highest BCUT2D eigenvalue weighted by Gasteiger charge is 2.44. The molecule has 2 bridgehead atoms. The van der Waals surface area contributed by atoms with Gasteiger partial charge in [-0.2, -0.15) is 0 Å². The molecule has 2 aliphatic heterocycles. The maximum atomic E-state index is 9.27. The minimum absolute atomic E-state index is 0.422. The smallest absolute Gasteiger partial charge is 0.0460 e. The maximum absolute atomic E-state index is 9.27. The lowest BCUT2D eigenvalue weighted by Gasteiger charge is -2.49. The van der Waals surface area contributed by atoms with Crippen molar-refractivity contribution in [3.8, 4) is 0 Å². The lowest BCUT2D eigenvalue weighted by molar-refractivity contribution is -0.00710. The summed E-state index contributed by atoms with van der Waals surface area (Å²) in [6.45, 7) is 0.422. The number of fused-ring (bicyclic) bond motifs is 2. The lowest BCUT2D eigenvalue weighted by atomic mass is 9.78. The van der Waals surface area contributed by atoms with Crippen LogP contribution in [0.5, 0.6) is 0 Å². The Balaban J connectivity index is 1.74. The molecule has 80 valence electrons. The number of aliphatic hydroxyl groups is 1. The molecule has 1 saturated carbocycles. The van der Waals surface area contributed by atoms with Crippen molar-refractivity contribution in [2.75, 3.05) is 6.61 Å². The van der Waals surface area contributed by atoms with Crippen LogP contribution in [0.25, 0.3) is 0 Å². The largest absolute Gasteiger partial charge is 0.396 e. The molecule has 1 aliphatic carbocycles. The lowest BCUT2D eigenvalue weighted by Crippen LogP contribution is -2.53. The van der Waals surface area contributed by atoms with Gasteiger partial charge >= 0.3 is 0 Å². The van der Waals surface area contributed by atoms with Crippen LogP contribution in [-0.4, -0.2) is 34.7 Å². The Kier molecular flexibility index (Phi) is 2.29. The summed E-state index contributed by atoms with van der Waals surface area (Å²) in [5.74, 6) is 0.611. The molecular weight excluding hydrogens is 174 g/mol. The summed E-state index contributed by atoms with van der Waals surface area (Å²) in [6, 6.07) is 2.59. The Hall–Kier alpha value is -0.0800. The van der Waals surface area contributed by atoms with Crippen LogP contribution in [0.3, 0.4) is 0 Å². The SMILES string of the molecule is OCC1C[C@H]2CCC[C@H](C1)N2C1CC1. The Bertz CT molecular complexity index is 200. The molecule has 3 fully saturated rings. The molecule has 3 rings (SSSR count). The van der Waals surface area contributed by atoms with Gasteiger partial charge in [0.05, 0.1) is 0 Å². The van der Waals surface area contributed by atoms with Gasteiger partial charge in [-0.05, 0) is 44.4 Å². The van der Waals surface area contributed by atoms with Crippen molar-refractivity contribution in [1.29, 1.82) is 0 Å². The number of hydrogen-bond acceptors (Lipinski definition) is 2. The van der Waals surface area contributed by atoms with Gasteiger partial charge in [-0.15, -0.1) is 0 Å². The van der Waals surface area contributed by atoms with E-state index in [-0.39, 0.29) is 0 Å². The summed E-state index contributed by atoms with van der Waals surface area (Å²) in [7, 11) is 0. The Labute approximate surface area is 86.3 Å². The monoisotopic (exact) mass is 195 g/mol. The molecular formula is C12H21NO. The molecule has 2 saturated heterocycles. The molecule has 3 aliphatic rings. The minimum Gasteiger partial charge on any atom is -0.396 e. The summed E-state index contributed by atoms with van der Waals surface area (Å²) in [5, 5.41) is 9.27. The van der Waals surface area contributed by atoms with Crippen molar-refractivity contribution in [3.63, 3.8) is 0 Å². The third-order valence-electron chi connectivity index (χ3n) is 4.36. The summed E-state index contributed by atoms with van der Waals surface area (Å²) in [5.41, 5.74) is 0. The van der Waals surface area contributed by atoms with Crippen LogP contribution in [0.1, 0.15) is 44.9 Å². The van der Waals surface area contributed by atoms with E-state index in [1.54, 1.807) is 0 Å². The van der Waals surface area contributed by atoms with Gasteiger partial charge in [0, 0.05) is 24.7 Å². The molecule has 0 aromatic heterocycles. The van der Waals surface area contributed by atoms with Crippen molar-refractivity contribution in [3.05, 3.63) is 0 Å².